The van der Waals surface area contributed by atoms with Crippen molar-refractivity contribution in [3.63, 3.8) is 0 Å². The van der Waals surface area contributed by atoms with Gasteiger partial charge in [-0.3, -0.25) is 0 Å². The number of ether oxygens (including phenoxy) is 4. The Hall–Kier alpha value is -1.70. The summed E-state index contributed by atoms with van der Waals surface area (Å²) in [4.78, 5) is 2.45. The van der Waals surface area contributed by atoms with E-state index in [1.54, 1.807) is 28.4 Å². The molecular weight excluding hydrogens is 466 g/mol. The summed E-state index contributed by atoms with van der Waals surface area (Å²) in [6.45, 7) is 4.44. The molecule has 34 heavy (non-hydrogen) atoms. The predicted octanol–water partition coefficient (Wildman–Crippen LogP) is 5.94. The number of rotatable bonds is 12. The maximum atomic E-state index is 5.62. The van der Waals surface area contributed by atoms with Crippen molar-refractivity contribution in [3.8, 4) is 23.0 Å². The summed E-state index contributed by atoms with van der Waals surface area (Å²) in [7, 11) is 8.99. The lowest BCUT2D eigenvalue weighted by molar-refractivity contribution is 0.277. The van der Waals surface area contributed by atoms with Gasteiger partial charge in [0.05, 0.1) is 32.5 Å². The number of nitrogens with zero attached hydrogens (tertiary/aromatic N) is 1. The molecule has 0 spiro atoms. The summed E-state index contributed by atoms with van der Waals surface area (Å²) < 4.78 is 22.0. The molecule has 0 N–H and O–H groups in total. The molecule has 2 aromatic carbocycles. The van der Waals surface area contributed by atoms with E-state index in [2.05, 4.69) is 66.7 Å². The van der Waals surface area contributed by atoms with E-state index < -0.39 is 0 Å². The third kappa shape index (κ3) is 6.70. The summed E-state index contributed by atoms with van der Waals surface area (Å²) in [6.07, 6.45) is 3.37. The van der Waals surface area contributed by atoms with Gasteiger partial charge in [0.25, 0.3) is 0 Å². The summed E-state index contributed by atoms with van der Waals surface area (Å²) in [5, 5.41) is 0. The molecule has 1 heterocycles. The van der Waals surface area contributed by atoms with E-state index in [0.29, 0.717) is 5.92 Å². The lowest BCUT2D eigenvalue weighted by Crippen LogP contribution is -2.32. The Kier molecular flexibility index (Phi) is 10.2. The second-order valence-corrected chi connectivity index (χ2v) is 11.9. The van der Waals surface area contributed by atoms with E-state index in [1.165, 1.54) is 29.1 Å². The van der Waals surface area contributed by atoms with Gasteiger partial charge in [-0.1, -0.05) is 19.1 Å². The lowest BCUT2D eigenvalue weighted by Gasteiger charge is -2.39. The van der Waals surface area contributed by atoms with E-state index in [0.717, 1.165) is 48.9 Å². The van der Waals surface area contributed by atoms with Crippen molar-refractivity contribution in [2.45, 2.75) is 30.3 Å². The van der Waals surface area contributed by atoms with Gasteiger partial charge >= 0.3 is 0 Å². The molecule has 7 heteroatoms. The van der Waals surface area contributed by atoms with Gasteiger partial charge in [0.2, 0.25) is 0 Å². The molecule has 0 bridgehead atoms. The third-order valence-electron chi connectivity index (χ3n) is 6.25. The Bertz CT molecular complexity index is 917. The monoisotopic (exact) mass is 505 g/mol. The molecule has 1 fully saturated rings. The Morgan fingerprint density at radius 3 is 2.06 bits per heavy atom. The van der Waals surface area contributed by atoms with Gasteiger partial charge in [-0.05, 0) is 79.1 Å². The van der Waals surface area contributed by atoms with Crippen molar-refractivity contribution >= 4 is 23.5 Å². The predicted molar refractivity (Wildman–Crippen MR) is 145 cm³/mol. The first-order chi connectivity index (χ1) is 16.4. The first-order valence-electron chi connectivity index (χ1n) is 11.8. The van der Waals surface area contributed by atoms with Gasteiger partial charge in [-0.15, -0.1) is 23.5 Å². The minimum Gasteiger partial charge on any atom is -0.493 e. The first-order valence-corrected chi connectivity index (χ1v) is 13.8. The molecular formula is C27H39NO4S2. The fraction of sp³-hybridized carbons (Fsp3) is 0.556. The fourth-order valence-corrected chi connectivity index (χ4v) is 8.20. The summed E-state index contributed by atoms with van der Waals surface area (Å²) in [5.74, 6) is 6.12. The Morgan fingerprint density at radius 1 is 0.853 bits per heavy atom. The molecule has 5 nitrogen and oxygen atoms in total. The van der Waals surface area contributed by atoms with Gasteiger partial charge in [0.1, 0.15) is 0 Å². The Morgan fingerprint density at radius 2 is 1.44 bits per heavy atom. The van der Waals surface area contributed by atoms with Crippen molar-refractivity contribution in [3.05, 3.63) is 47.5 Å². The van der Waals surface area contributed by atoms with Crippen LogP contribution in [0.4, 0.5) is 0 Å². The van der Waals surface area contributed by atoms with Crippen LogP contribution in [0, 0.1) is 5.92 Å². The number of hydrogen-bond donors (Lipinski definition) is 0. The number of thioether (sulfide) groups is 2. The average Bonchev–Trinajstić information content (AvgIpc) is 2.87. The highest BCUT2D eigenvalue weighted by atomic mass is 32.2. The van der Waals surface area contributed by atoms with E-state index in [9.17, 15) is 0 Å². The topological polar surface area (TPSA) is 40.2 Å². The Balaban J connectivity index is 1.64. The maximum absolute atomic E-state index is 5.62. The minimum atomic E-state index is 0.0570. The zero-order valence-electron chi connectivity index (χ0n) is 21.4. The van der Waals surface area contributed by atoms with Crippen molar-refractivity contribution in [1.82, 2.24) is 4.90 Å². The quantitative estimate of drug-likeness (QED) is 0.353. The molecule has 2 aromatic rings. The molecule has 0 saturated carbocycles. The van der Waals surface area contributed by atoms with Crippen molar-refractivity contribution in [2.75, 3.05) is 60.1 Å². The number of methoxy groups -OCH3 is 4. The van der Waals surface area contributed by atoms with Crippen LogP contribution in [0.25, 0.3) is 0 Å². The molecule has 1 aliphatic rings. The SMILES string of the molecule is COc1ccc(CCN(C)CC(C)CC2(c3ccc(OC)c(OC)c3)SCCCS2)cc1OC. The van der Waals surface area contributed by atoms with E-state index in [-0.39, 0.29) is 4.08 Å². The molecule has 3 rings (SSSR count). The van der Waals surface area contributed by atoms with Crippen molar-refractivity contribution in [2.24, 2.45) is 5.92 Å². The molecule has 1 aliphatic heterocycles. The van der Waals surface area contributed by atoms with Crippen LogP contribution in [0.1, 0.15) is 30.9 Å². The highest BCUT2D eigenvalue weighted by Gasteiger charge is 2.37. The number of benzene rings is 2. The first kappa shape index (κ1) is 26.9. The van der Waals surface area contributed by atoms with Crippen LogP contribution >= 0.6 is 23.5 Å². The van der Waals surface area contributed by atoms with Gasteiger partial charge < -0.3 is 23.8 Å². The molecule has 0 aliphatic carbocycles. The van der Waals surface area contributed by atoms with Crippen molar-refractivity contribution < 1.29 is 18.9 Å². The van der Waals surface area contributed by atoms with Gasteiger partial charge in [-0.25, -0.2) is 0 Å². The number of likely N-dealkylation sites (N-methyl/N-ethyl adjacent to an activating group) is 1. The molecule has 1 unspecified atom stereocenters. The molecule has 188 valence electrons. The molecule has 0 radical (unpaired) electrons. The van der Waals surface area contributed by atoms with Crippen LogP contribution in [0.5, 0.6) is 23.0 Å². The van der Waals surface area contributed by atoms with Gasteiger partial charge in [-0.2, -0.15) is 0 Å². The van der Waals surface area contributed by atoms with Gasteiger partial charge in [0, 0.05) is 13.1 Å². The fourth-order valence-electron chi connectivity index (χ4n) is 4.55. The summed E-state index contributed by atoms with van der Waals surface area (Å²) in [5.41, 5.74) is 2.59. The zero-order valence-corrected chi connectivity index (χ0v) is 23.0. The largest absolute Gasteiger partial charge is 0.493 e. The lowest BCUT2D eigenvalue weighted by atomic mass is 9.98. The van der Waals surface area contributed by atoms with Crippen LogP contribution in [-0.4, -0.2) is 65.0 Å². The third-order valence-corrected chi connectivity index (χ3v) is 9.68. The molecule has 1 saturated heterocycles. The summed E-state index contributed by atoms with van der Waals surface area (Å²) in [6, 6.07) is 12.6. The normalized spacial score (nSPS) is 16.2. The van der Waals surface area contributed by atoms with Gasteiger partial charge in [0.15, 0.2) is 23.0 Å². The highest BCUT2D eigenvalue weighted by Crippen LogP contribution is 2.55. The molecule has 0 aromatic heterocycles. The van der Waals surface area contributed by atoms with E-state index in [4.69, 9.17) is 18.9 Å². The van der Waals surface area contributed by atoms with Crippen LogP contribution in [0.2, 0.25) is 0 Å². The smallest absolute Gasteiger partial charge is 0.161 e. The zero-order chi connectivity index (χ0) is 24.6. The van der Waals surface area contributed by atoms with E-state index in [1.807, 2.05) is 12.1 Å². The molecule has 1 atom stereocenters. The van der Waals surface area contributed by atoms with E-state index >= 15 is 0 Å². The standard InChI is InChI=1S/C27H39NO4S2/c1-20(19-28(2)13-12-21-8-10-23(29-3)25(16-21)31-5)18-27(33-14-7-15-34-27)22-9-11-24(30-4)26(17-22)32-6/h8-11,16-17,20H,7,12-15,18-19H2,1-6H3. The second-order valence-electron chi connectivity index (χ2n) is 8.88. The Labute approximate surface area is 213 Å². The second kappa shape index (κ2) is 12.8. The van der Waals surface area contributed by atoms with Crippen molar-refractivity contribution in [1.29, 1.82) is 0 Å². The average molecular weight is 506 g/mol. The number of hydrogen-bond acceptors (Lipinski definition) is 7. The maximum Gasteiger partial charge on any atom is 0.161 e. The summed E-state index contributed by atoms with van der Waals surface area (Å²) >= 11 is 4.18. The van der Waals surface area contributed by atoms with Crippen LogP contribution in [-0.2, 0) is 10.5 Å². The minimum absolute atomic E-state index is 0.0570. The molecule has 0 amide bonds. The van der Waals surface area contributed by atoms with Crippen LogP contribution in [0.15, 0.2) is 36.4 Å². The van der Waals surface area contributed by atoms with Crippen LogP contribution < -0.4 is 18.9 Å². The van der Waals surface area contributed by atoms with Crippen LogP contribution in [0.3, 0.4) is 0 Å². The highest BCUT2D eigenvalue weighted by molar-refractivity contribution is 8.18.